The van der Waals surface area contributed by atoms with Crippen LogP contribution in [-0.2, 0) is 12.8 Å². The molecule has 148 valence electrons. The van der Waals surface area contributed by atoms with Gasteiger partial charge in [0.25, 0.3) is 0 Å². The summed E-state index contributed by atoms with van der Waals surface area (Å²) in [5.41, 5.74) is 4.41. The van der Waals surface area contributed by atoms with Crippen LogP contribution in [0.5, 0.6) is 0 Å². The molecular weight excluding hydrogens is 366 g/mol. The Morgan fingerprint density at radius 3 is 2.21 bits per heavy atom. The number of rotatable bonds is 3. The van der Waals surface area contributed by atoms with Gasteiger partial charge >= 0.3 is 0 Å². The molecule has 0 radical (unpaired) electrons. The molecule has 0 bridgehead atoms. The van der Waals surface area contributed by atoms with Gasteiger partial charge in [0.1, 0.15) is 0 Å². The molecule has 1 aliphatic carbocycles. The SMILES string of the molecule is Clc1cccc(N2CCN(C3CCCN(C4Cc5ccccc5C4)C3)CC2)c1. The minimum absolute atomic E-state index is 0.716. The second-order valence-electron chi connectivity index (χ2n) is 8.62. The number of benzene rings is 2. The van der Waals surface area contributed by atoms with Gasteiger partial charge in [0.2, 0.25) is 0 Å². The largest absolute Gasteiger partial charge is 0.369 e. The Labute approximate surface area is 173 Å². The zero-order valence-corrected chi connectivity index (χ0v) is 17.3. The van der Waals surface area contributed by atoms with Crippen LogP contribution in [0.1, 0.15) is 24.0 Å². The van der Waals surface area contributed by atoms with E-state index in [4.69, 9.17) is 11.6 Å². The van der Waals surface area contributed by atoms with E-state index in [-0.39, 0.29) is 0 Å². The molecule has 0 aromatic heterocycles. The lowest BCUT2D eigenvalue weighted by Crippen LogP contribution is -2.56. The summed E-state index contributed by atoms with van der Waals surface area (Å²) < 4.78 is 0. The molecule has 1 unspecified atom stereocenters. The van der Waals surface area contributed by atoms with Crippen molar-refractivity contribution in [3.63, 3.8) is 0 Å². The Balaban J connectivity index is 1.18. The summed E-state index contributed by atoms with van der Waals surface area (Å²) in [5.74, 6) is 0. The zero-order chi connectivity index (χ0) is 18.9. The lowest BCUT2D eigenvalue weighted by atomic mass is 10.00. The number of piperazine rings is 1. The lowest BCUT2D eigenvalue weighted by molar-refractivity contribution is 0.0696. The molecular formula is C24H30ClN3. The number of hydrogen-bond donors (Lipinski definition) is 0. The van der Waals surface area contributed by atoms with Gasteiger partial charge in [-0.2, -0.15) is 0 Å². The Hall–Kier alpha value is -1.55. The highest BCUT2D eigenvalue weighted by Crippen LogP contribution is 2.29. The van der Waals surface area contributed by atoms with Crippen molar-refractivity contribution in [1.82, 2.24) is 9.80 Å². The Bertz CT molecular complexity index is 790. The molecule has 2 fully saturated rings. The molecule has 0 N–H and O–H groups in total. The van der Waals surface area contributed by atoms with Crippen LogP contribution in [0.15, 0.2) is 48.5 Å². The first kappa shape index (κ1) is 18.5. The van der Waals surface area contributed by atoms with Gasteiger partial charge in [-0.25, -0.2) is 0 Å². The van der Waals surface area contributed by atoms with Crippen LogP contribution in [-0.4, -0.2) is 61.2 Å². The van der Waals surface area contributed by atoms with Crippen LogP contribution >= 0.6 is 11.6 Å². The van der Waals surface area contributed by atoms with E-state index < -0.39 is 0 Å². The number of likely N-dealkylation sites (tertiary alicyclic amines) is 1. The van der Waals surface area contributed by atoms with Crippen molar-refractivity contribution in [2.45, 2.75) is 37.8 Å². The van der Waals surface area contributed by atoms with Gasteiger partial charge in [0, 0.05) is 55.5 Å². The van der Waals surface area contributed by atoms with E-state index in [1.807, 2.05) is 6.07 Å². The first-order valence-electron chi connectivity index (χ1n) is 10.8. The lowest BCUT2D eigenvalue weighted by Gasteiger charge is -2.45. The van der Waals surface area contributed by atoms with E-state index in [2.05, 4.69) is 57.2 Å². The van der Waals surface area contributed by atoms with Gasteiger partial charge in [0.15, 0.2) is 0 Å². The first-order chi connectivity index (χ1) is 13.8. The van der Waals surface area contributed by atoms with Gasteiger partial charge in [-0.15, -0.1) is 0 Å². The quantitative estimate of drug-likeness (QED) is 0.774. The predicted molar refractivity (Wildman–Crippen MR) is 117 cm³/mol. The Morgan fingerprint density at radius 2 is 1.50 bits per heavy atom. The summed E-state index contributed by atoms with van der Waals surface area (Å²) >= 11 is 6.18. The fourth-order valence-corrected chi connectivity index (χ4v) is 5.61. The minimum atomic E-state index is 0.716. The van der Waals surface area contributed by atoms with Crippen molar-refractivity contribution in [3.8, 4) is 0 Å². The van der Waals surface area contributed by atoms with Gasteiger partial charge in [-0.1, -0.05) is 41.9 Å². The monoisotopic (exact) mass is 395 g/mol. The second-order valence-corrected chi connectivity index (χ2v) is 9.06. The van der Waals surface area contributed by atoms with Crippen molar-refractivity contribution in [2.75, 3.05) is 44.2 Å². The highest BCUT2D eigenvalue weighted by atomic mass is 35.5. The number of fused-ring (bicyclic) bond motifs is 1. The molecule has 0 amide bonds. The van der Waals surface area contributed by atoms with Crippen molar-refractivity contribution in [2.24, 2.45) is 0 Å². The number of anilines is 1. The molecule has 5 rings (SSSR count). The van der Waals surface area contributed by atoms with E-state index >= 15 is 0 Å². The van der Waals surface area contributed by atoms with E-state index in [1.54, 1.807) is 11.1 Å². The average Bonchev–Trinajstić information content (AvgIpc) is 3.18. The highest BCUT2D eigenvalue weighted by molar-refractivity contribution is 6.30. The maximum atomic E-state index is 6.18. The summed E-state index contributed by atoms with van der Waals surface area (Å²) in [6, 6.07) is 18.8. The predicted octanol–water partition coefficient (Wildman–Crippen LogP) is 4.09. The van der Waals surface area contributed by atoms with Gasteiger partial charge in [-0.05, 0) is 61.6 Å². The Morgan fingerprint density at radius 1 is 0.750 bits per heavy atom. The van der Waals surface area contributed by atoms with Crippen molar-refractivity contribution in [3.05, 3.63) is 64.7 Å². The summed E-state index contributed by atoms with van der Waals surface area (Å²) in [4.78, 5) is 8.02. The molecule has 2 aliphatic heterocycles. The summed E-state index contributed by atoms with van der Waals surface area (Å²) in [6.07, 6.45) is 5.18. The van der Waals surface area contributed by atoms with Gasteiger partial charge < -0.3 is 4.90 Å². The molecule has 3 nitrogen and oxygen atoms in total. The third-order valence-corrected chi connectivity index (χ3v) is 7.21. The molecule has 2 saturated heterocycles. The zero-order valence-electron chi connectivity index (χ0n) is 16.6. The van der Waals surface area contributed by atoms with Crippen molar-refractivity contribution >= 4 is 17.3 Å². The van der Waals surface area contributed by atoms with E-state index in [9.17, 15) is 0 Å². The number of halogens is 1. The molecule has 2 aromatic carbocycles. The standard InChI is InChI=1S/C24H30ClN3/c25-21-7-3-8-22(17-21)26-11-13-27(14-12-26)23-9-4-10-28(18-23)24-15-19-5-1-2-6-20(19)16-24/h1-3,5-8,17,23-24H,4,9-16,18H2. The first-order valence-corrected chi connectivity index (χ1v) is 11.2. The summed E-state index contributed by atoms with van der Waals surface area (Å²) in [7, 11) is 0. The van der Waals surface area contributed by atoms with E-state index in [0.717, 1.165) is 37.2 Å². The van der Waals surface area contributed by atoms with Gasteiger partial charge in [0.05, 0.1) is 0 Å². The maximum Gasteiger partial charge on any atom is 0.0426 e. The molecule has 4 heteroatoms. The molecule has 2 heterocycles. The molecule has 0 saturated carbocycles. The third kappa shape index (κ3) is 3.80. The number of nitrogens with zero attached hydrogens (tertiary/aromatic N) is 3. The molecule has 1 atom stereocenters. The average molecular weight is 396 g/mol. The fraction of sp³-hybridized carbons (Fsp3) is 0.500. The molecule has 0 spiro atoms. The van der Waals surface area contributed by atoms with Crippen LogP contribution < -0.4 is 4.90 Å². The topological polar surface area (TPSA) is 9.72 Å². The van der Waals surface area contributed by atoms with E-state index in [1.165, 1.54) is 44.5 Å². The van der Waals surface area contributed by atoms with Crippen LogP contribution in [0, 0.1) is 0 Å². The van der Waals surface area contributed by atoms with E-state index in [0.29, 0.717) is 6.04 Å². The number of hydrogen-bond acceptors (Lipinski definition) is 3. The van der Waals surface area contributed by atoms with Crippen LogP contribution in [0.25, 0.3) is 0 Å². The molecule has 3 aliphatic rings. The van der Waals surface area contributed by atoms with Crippen LogP contribution in [0.2, 0.25) is 5.02 Å². The second kappa shape index (κ2) is 8.06. The van der Waals surface area contributed by atoms with Crippen LogP contribution in [0.4, 0.5) is 5.69 Å². The van der Waals surface area contributed by atoms with Crippen LogP contribution in [0.3, 0.4) is 0 Å². The maximum absolute atomic E-state index is 6.18. The molecule has 28 heavy (non-hydrogen) atoms. The molecule has 2 aromatic rings. The summed E-state index contributed by atoms with van der Waals surface area (Å²) in [6.45, 7) is 7.05. The third-order valence-electron chi connectivity index (χ3n) is 6.98. The highest BCUT2D eigenvalue weighted by Gasteiger charge is 2.33. The normalized spacial score (nSPS) is 24.5. The Kier molecular flexibility index (Phi) is 5.32. The smallest absolute Gasteiger partial charge is 0.0426 e. The van der Waals surface area contributed by atoms with Crippen molar-refractivity contribution in [1.29, 1.82) is 0 Å². The fourth-order valence-electron chi connectivity index (χ4n) is 5.42. The van der Waals surface area contributed by atoms with Gasteiger partial charge in [-0.3, -0.25) is 9.80 Å². The number of piperidine rings is 1. The summed E-state index contributed by atoms with van der Waals surface area (Å²) in [5, 5.41) is 0.834. The van der Waals surface area contributed by atoms with Crippen molar-refractivity contribution < 1.29 is 0 Å². The minimum Gasteiger partial charge on any atom is -0.369 e.